The summed E-state index contributed by atoms with van der Waals surface area (Å²) in [7, 11) is 1.92. The second-order valence-corrected chi connectivity index (χ2v) is 7.32. The van der Waals surface area contributed by atoms with E-state index >= 15 is 0 Å². The molecule has 1 aromatic carbocycles. The van der Waals surface area contributed by atoms with Crippen molar-refractivity contribution >= 4 is 11.6 Å². The maximum absolute atomic E-state index is 12.6. The number of allylic oxidation sites excluding steroid dienone is 1. The number of hydrogen-bond donors (Lipinski definition) is 1. The van der Waals surface area contributed by atoms with Crippen LogP contribution in [0.2, 0.25) is 0 Å². The van der Waals surface area contributed by atoms with Crippen molar-refractivity contribution in [2.75, 3.05) is 7.05 Å². The van der Waals surface area contributed by atoms with E-state index in [2.05, 4.69) is 43.9 Å². The van der Waals surface area contributed by atoms with Crippen LogP contribution in [0.25, 0.3) is 5.57 Å². The lowest BCUT2D eigenvalue weighted by atomic mass is 9.91. The Bertz CT molecular complexity index is 571. The Labute approximate surface area is 140 Å². The molecule has 3 nitrogen and oxygen atoms in total. The highest BCUT2D eigenvalue weighted by atomic mass is 16.2. The Kier molecular flexibility index (Phi) is 5.51. The van der Waals surface area contributed by atoms with Gasteiger partial charge < -0.3 is 10.2 Å². The standard InChI is InChI=1S/C20H30N2O/c1-15(2)16-10-9-11-17(14-16)20(3,4)21-19(23)22(5)18-12-7-6-8-13-18/h9-11,14,18H,1,6-8,12-13H2,2-5H3,(H,21,23). The van der Waals surface area contributed by atoms with Gasteiger partial charge in [-0.1, -0.05) is 49.6 Å². The van der Waals surface area contributed by atoms with E-state index in [9.17, 15) is 4.79 Å². The molecule has 0 aromatic heterocycles. The maximum Gasteiger partial charge on any atom is 0.318 e. The lowest BCUT2D eigenvalue weighted by molar-refractivity contribution is 0.164. The van der Waals surface area contributed by atoms with Gasteiger partial charge >= 0.3 is 6.03 Å². The first-order valence-electron chi connectivity index (χ1n) is 8.62. The number of amides is 2. The molecule has 2 rings (SSSR count). The minimum atomic E-state index is -0.411. The average molecular weight is 314 g/mol. The Morgan fingerprint density at radius 3 is 2.52 bits per heavy atom. The zero-order chi connectivity index (χ0) is 17.0. The third-order valence-corrected chi connectivity index (χ3v) is 4.94. The van der Waals surface area contributed by atoms with Crippen LogP contribution in [-0.4, -0.2) is 24.0 Å². The molecular weight excluding hydrogens is 284 g/mol. The van der Waals surface area contributed by atoms with Crippen molar-refractivity contribution in [3.8, 4) is 0 Å². The van der Waals surface area contributed by atoms with Crippen molar-refractivity contribution < 1.29 is 4.79 Å². The Hall–Kier alpha value is -1.77. The molecule has 126 valence electrons. The van der Waals surface area contributed by atoms with Crippen LogP contribution in [0.5, 0.6) is 0 Å². The second kappa shape index (κ2) is 7.20. The Balaban J connectivity index is 2.08. The van der Waals surface area contributed by atoms with E-state index in [1.54, 1.807) is 0 Å². The molecule has 0 spiro atoms. The van der Waals surface area contributed by atoms with Crippen LogP contribution in [0.1, 0.15) is 64.0 Å². The molecule has 0 bridgehead atoms. The SMILES string of the molecule is C=C(C)c1cccc(C(C)(C)NC(=O)N(C)C2CCCCC2)c1. The molecule has 1 fully saturated rings. The third kappa shape index (κ3) is 4.37. The number of carbonyl (C=O) groups excluding carboxylic acids is 1. The predicted molar refractivity (Wildman–Crippen MR) is 97.3 cm³/mol. The van der Waals surface area contributed by atoms with Gasteiger partial charge in [-0.15, -0.1) is 0 Å². The minimum Gasteiger partial charge on any atom is -0.329 e. The van der Waals surface area contributed by atoms with Crippen LogP contribution in [-0.2, 0) is 5.54 Å². The highest BCUT2D eigenvalue weighted by Gasteiger charge is 2.28. The summed E-state index contributed by atoms with van der Waals surface area (Å²) in [5, 5.41) is 3.19. The molecule has 0 unspecified atom stereocenters. The summed E-state index contributed by atoms with van der Waals surface area (Å²) >= 11 is 0. The summed E-state index contributed by atoms with van der Waals surface area (Å²) in [5.74, 6) is 0. The summed E-state index contributed by atoms with van der Waals surface area (Å²) in [5.41, 5.74) is 2.84. The van der Waals surface area contributed by atoms with Crippen LogP contribution in [0.15, 0.2) is 30.8 Å². The van der Waals surface area contributed by atoms with Gasteiger partial charge in [-0.2, -0.15) is 0 Å². The predicted octanol–water partition coefficient (Wildman–Crippen LogP) is 4.93. The lowest BCUT2D eigenvalue weighted by Gasteiger charge is -2.35. The highest BCUT2D eigenvalue weighted by Crippen LogP contribution is 2.25. The number of benzene rings is 1. The van der Waals surface area contributed by atoms with E-state index in [1.165, 1.54) is 19.3 Å². The van der Waals surface area contributed by atoms with E-state index in [0.717, 1.165) is 29.5 Å². The zero-order valence-corrected chi connectivity index (χ0v) is 15.0. The molecule has 1 aliphatic rings. The van der Waals surface area contributed by atoms with Crippen molar-refractivity contribution in [3.63, 3.8) is 0 Å². The second-order valence-electron chi connectivity index (χ2n) is 7.32. The molecule has 23 heavy (non-hydrogen) atoms. The van der Waals surface area contributed by atoms with E-state index in [0.29, 0.717) is 6.04 Å². The quantitative estimate of drug-likeness (QED) is 0.839. The number of nitrogens with zero attached hydrogens (tertiary/aromatic N) is 1. The van der Waals surface area contributed by atoms with Gasteiger partial charge in [0.05, 0.1) is 5.54 Å². The summed E-state index contributed by atoms with van der Waals surface area (Å²) in [4.78, 5) is 14.5. The van der Waals surface area contributed by atoms with Crippen molar-refractivity contribution in [1.29, 1.82) is 0 Å². The fraction of sp³-hybridized carbons (Fsp3) is 0.550. The Morgan fingerprint density at radius 1 is 1.26 bits per heavy atom. The van der Waals surface area contributed by atoms with Gasteiger partial charge in [0.15, 0.2) is 0 Å². The molecule has 1 N–H and O–H groups in total. The topological polar surface area (TPSA) is 32.3 Å². The summed E-state index contributed by atoms with van der Waals surface area (Å²) in [6.07, 6.45) is 5.99. The number of urea groups is 1. The van der Waals surface area contributed by atoms with Crippen molar-refractivity contribution in [3.05, 3.63) is 42.0 Å². The summed E-state index contributed by atoms with van der Waals surface area (Å²) in [6, 6.07) is 8.65. The van der Waals surface area contributed by atoms with Crippen molar-refractivity contribution in [1.82, 2.24) is 10.2 Å². The molecule has 2 amide bonds. The molecule has 1 aromatic rings. The first-order valence-corrected chi connectivity index (χ1v) is 8.62. The van der Waals surface area contributed by atoms with Crippen LogP contribution in [0, 0.1) is 0 Å². The van der Waals surface area contributed by atoms with Gasteiger partial charge in [0.25, 0.3) is 0 Å². The molecule has 0 radical (unpaired) electrons. The van der Waals surface area contributed by atoms with Crippen LogP contribution in [0.4, 0.5) is 4.79 Å². The normalized spacial score (nSPS) is 16.0. The molecule has 1 saturated carbocycles. The first kappa shape index (κ1) is 17.6. The van der Waals surface area contributed by atoms with E-state index in [-0.39, 0.29) is 6.03 Å². The minimum absolute atomic E-state index is 0.0163. The van der Waals surface area contributed by atoms with E-state index in [1.807, 2.05) is 24.9 Å². The number of nitrogens with one attached hydrogen (secondary N) is 1. The van der Waals surface area contributed by atoms with Gasteiger partial charge in [0, 0.05) is 13.1 Å². The molecule has 0 atom stereocenters. The van der Waals surface area contributed by atoms with Gasteiger partial charge in [-0.3, -0.25) is 0 Å². The Morgan fingerprint density at radius 2 is 1.91 bits per heavy atom. The number of rotatable bonds is 4. The average Bonchev–Trinajstić information content (AvgIpc) is 2.54. The van der Waals surface area contributed by atoms with E-state index < -0.39 is 5.54 Å². The van der Waals surface area contributed by atoms with Gasteiger partial charge in [0.1, 0.15) is 0 Å². The molecule has 3 heteroatoms. The fourth-order valence-corrected chi connectivity index (χ4v) is 3.24. The van der Waals surface area contributed by atoms with E-state index in [4.69, 9.17) is 0 Å². The largest absolute Gasteiger partial charge is 0.329 e. The molecule has 0 saturated heterocycles. The maximum atomic E-state index is 12.6. The highest BCUT2D eigenvalue weighted by molar-refractivity contribution is 5.75. The lowest BCUT2D eigenvalue weighted by Crippen LogP contribution is -2.50. The first-order chi connectivity index (χ1) is 10.8. The summed E-state index contributed by atoms with van der Waals surface area (Å²) in [6.45, 7) is 10.1. The van der Waals surface area contributed by atoms with Crippen LogP contribution in [0.3, 0.4) is 0 Å². The van der Waals surface area contributed by atoms with Crippen molar-refractivity contribution in [2.45, 2.75) is 64.5 Å². The summed E-state index contributed by atoms with van der Waals surface area (Å²) < 4.78 is 0. The van der Waals surface area contributed by atoms with Crippen LogP contribution < -0.4 is 5.32 Å². The monoisotopic (exact) mass is 314 g/mol. The molecule has 1 aliphatic carbocycles. The zero-order valence-electron chi connectivity index (χ0n) is 15.0. The molecule has 0 heterocycles. The van der Waals surface area contributed by atoms with Crippen LogP contribution >= 0.6 is 0 Å². The number of carbonyl (C=O) groups is 1. The van der Waals surface area contributed by atoms with Gasteiger partial charge in [-0.25, -0.2) is 4.79 Å². The number of hydrogen-bond acceptors (Lipinski definition) is 1. The van der Waals surface area contributed by atoms with Gasteiger partial charge in [-0.05, 0) is 50.8 Å². The van der Waals surface area contributed by atoms with Gasteiger partial charge in [0.2, 0.25) is 0 Å². The smallest absolute Gasteiger partial charge is 0.318 e. The third-order valence-electron chi connectivity index (χ3n) is 4.94. The van der Waals surface area contributed by atoms with Crippen molar-refractivity contribution in [2.24, 2.45) is 0 Å². The molecular formula is C20H30N2O. The molecule has 0 aliphatic heterocycles. The fourth-order valence-electron chi connectivity index (χ4n) is 3.24.